The Morgan fingerprint density at radius 3 is 1.00 bits per heavy atom. The fourth-order valence-electron chi connectivity index (χ4n) is 1.02. The molecule has 0 saturated carbocycles. The molecule has 2 saturated heterocycles. The zero-order valence-corrected chi connectivity index (χ0v) is 12.0. The normalized spacial score (nSPS) is 15.3. The molecule has 0 atom stereocenters. The summed E-state index contributed by atoms with van der Waals surface area (Å²) in [4.78, 5) is 49.0. The number of amides is 4. The van der Waals surface area contributed by atoms with Gasteiger partial charge < -0.3 is 10.2 Å². The van der Waals surface area contributed by atoms with Crippen LogP contribution in [0.2, 0.25) is 0 Å². The van der Waals surface area contributed by atoms with Crippen LogP contribution in [0.5, 0.6) is 0 Å². The van der Waals surface area contributed by atoms with E-state index in [2.05, 4.69) is 24.5 Å². The van der Waals surface area contributed by atoms with Gasteiger partial charge in [0.1, 0.15) is 0 Å². The summed E-state index contributed by atoms with van der Waals surface area (Å²) in [7, 11) is 0. The van der Waals surface area contributed by atoms with Crippen LogP contribution in [0.15, 0.2) is 0 Å². The van der Waals surface area contributed by atoms with Gasteiger partial charge in [-0.2, -0.15) is 0 Å². The molecule has 0 spiro atoms. The summed E-state index contributed by atoms with van der Waals surface area (Å²) in [6, 6.07) is 0. The molecule has 0 aromatic rings. The Balaban J connectivity index is 0. The van der Waals surface area contributed by atoms with Crippen LogP contribution in [0.25, 0.3) is 0 Å². The minimum atomic E-state index is -1.83. The van der Waals surface area contributed by atoms with Crippen molar-refractivity contribution in [2.45, 2.75) is 46.0 Å². The molecule has 0 aromatic heterocycles. The molecule has 0 bridgehead atoms. The molecule has 0 aromatic carbocycles. The van der Waals surface area contributed by atoms with Gasteiger partial charge in [0.15, 0.2) is 0 Å². The van der Waals surface area contributed by atoms with Gasteiger partial charge >= 0.3 is 6.16 Å². The zero-order valence-electron chi connectivity index (χ0n) is 12.0. The van der Waals surface area contributed by atoms with Crippen LogP contribution in [0.4, 0.5) is 4.79 Å². The van der Waals surface area contributed by atoms with Gasteiger partial charge in [-0.1, -0.05) is 20.3 Å². The van der Waals surface area contributed by atoms with Gasteiger partial charge in [-0.15, -0.1) is 0 Å². The summed E-state index contributed by atoms with van der Waals surface area (Å²) in [5.41, 5.74) is 0. The first kappa shape index (κ1) is 20.9. The molecule has 2 rings (SSSR count). The van der Waals surface area contributed by atoms with E-state index in [1.165, 1.54) is 6.42 Å². The summed E-state index contributed by atoms with van der Waals surface area (Å²) in [5.74, 6) is -0.593. The Morgan fingerprint density at radius 2 is 0.952 bits per heavy atom. The minimum Gasteiger partial charge on any atom is -0.450 e. The molecule has 2 aliphatic rings. The summed E-state index contributed by atoms with van der Waals surface area (Å²) in [6.45, 7) is 4.25. The van der Waals surface area contributed by atoms with Crippen molar-refractivity contribution in [1.29, 1.82) is 0 Å². The predicted octanol–water partition coefficient (Wildman–Crippen LogP) is 0.485. The average Bonchev–Trinajstić information content (AvgIpc) is 2.88. The van der Waals surface area contributed by atoms with Crippen molar-refractivity contribution in [2.75, 3.05) is 0 Å². The lowest BCUT2D eigenvalue weighted by atomic mass is 10.4. The third-order valence-electron chi connectivity index (χ3n) is 1.72. The van der Waals surface area contributed by atoms with E-state index in [0.717, 1.165) is 0 Å². The number of imide groups is 2. The molecule has 21 heavy (non-hydrogen) atoms. The second-order valence-electron chi connectivity index (χ2n) is 3.93. The standard InChI is InChI=1S/2C4H5NO2.C3H8.CH2O3/c2*6-3-1-2-4(7)5-3;1-3-2;2-1(3)4/h2*1-2H2,(H,5,6,7);3H2,1-2H3;(H2,2,3,4). The van der Waals surface area contributed by atoms with E-state index < -0.39 is 6.16 Å². The number of rotatable bonds is 0. The average molecular weight is 304 g/mol. The first-order valence-corrected chi connectivity index (χ1v) is 6.30. The first-order valence-electron chi connectivity index (χ1n) is 6.30. The highest BCUT2D eigenvalue weighted by molar-refractivity contribution is 6.02. The van der Waals surface area contributed by atoms with Crippen molar-refractivity contribution in [3.63, 3.8) is 0 Å². The Morgan fingerprint density at radius 1 is 0.810 bits per heavy atom. The summed E-state index contributed by atoms with van der Waals surface area (Å²) in [6.07, 6.45) is 0.912. The van der Waals surface area contributed by atoms with Crippen molar-refractivity contribution in [3.8, 4) is 0 Å². The van der Waals surface area contributed by atoms with E-state index in [9.17, 15) is 19.2 Å². The van der Waals surface area contributed by atoms with Gasteiger partial charge in [-0.05, 0) is 0 Å². The molecule has 4 amide bonds. The van der Waals surface area contributed by atoms with E-state index >= 15 is 0 Å². The molecule has 0 aliphatic carbocycles. The summed E-state index contributed by atoms with van der Waals surface area (Å²) in [5, 5.41) is 18.2. The monoisotopic (exact) mass is 304 g/mol. The molecule has 2 aliphatic heterocycles. The van der Waals surface area contributed by atoms with Gasteiger partial charge in [0.25, 0.3) is 0 Å². The van der Waals surface area contributed by atoms with Gasteiger partial charge in [0.2, 0.25) is 23.6 Å². The first-order chi connectivity index (χ1) is 9.72. The Kier molecular flexibility index (Phi) is 12.5. The number of carbonyl (C=O) groups is 5. The highest BCUT2D eigenvalue weighted by Crippen LogP contribution is 1.96. The largest absolute Gasteiger partial charge is 0.503 e. The van der Waals surface area contributed by atoms with E-state index in [1.807, 2.05) is 0 Å². The summed E-state index contributed by atoms with van der Waals surface area (Å²) >= 11 is 0. The second kappa shape index (κ2) is 12.6. The van der Waals surface area contributed by atoms with Crippen LogP contribution in [-0.4, -0.2) is 40.0 Å². The SMILES string of the molecule is CCC.O=C(O)O.O=C1CCC(=O)N1.O=C1CCC(=O)N1. The third kappa shape index (κ3) is 17.6. The topological polar surface area (TPSA) is 150 Å². The van der Waals surface area contributed by atoms with Crippen LogP contribution in [0.1, 0.15) is 46.0 Å². The molecule has 2 heterocycles. The maximum absolute atomic E-state index is 10.1. The van der Waals surface area contributed by atoms with Crippen molar-refractivity contribution >= 4 is 29.8 Å². The number of carboxylic acid groups (broad SMARTS) is 2. The quantitative estimate of drug-likeness (QED) is 0.475. The lowest BCUT2D eigenvalue weighted by Gasteiger charge is -1.79. The lowest BCUT2D eigenvalue weighted by molar-refractivity contribution is -0.126. The van der Waals surface area contributed by atoms with Gasteiger partial charge in [0.05, 0.1) is 0 Å². The number of hydrogen-bond acceptors (Lipinski definition) is 5. The van der Waals surface area contributed by atoms with E-state index in [4.69, 9.17) is 15.0 Å². The molecular formula is C12H20N2O7. The highest BCUT2D eigenvalue weighted by atomic mass is 16.6. The molecule has 2 fully saturated rings. The van der Waals surface area contributed by atoms with Crippen molar-refractivity contribution in [1.82, 2.24) is 10.6 Å². The van der Waals surface area contributed by atoms with Crippen LogP contribution in [-0.2, 0) is 19.2 Å². The maximum atomic E-state index is 10.1. The Labute approximate surface area is 121 Å². The Hall–Kier alpha value is -2.45. The van der Waals surface area contributed by atoms with Crippen molar-refractivity contribution < 1.29 is 34.2 Å². The van der Waals surface area contributed by atoms with Crippen LogP contribution in [0, 0.1) is 0 Å². The smallest absolute Gasteiger partial charge is 0.450 e. The molecular weight excluding hydrogens is 284 g/mol. The lowest BCUT2D eigenvalue weighted by Crippen LogP contribution is -2.18. The second-order valence-corrected chi connectivity index (χ2v) is 3.93. The van der Waals surface area contributed by atoms with E-state index in [1.54, 1.807) is 0 Å². The molecule has 120 valence electrons. The Bertz CT molecular complexity index is 331. The van der Waals surface area contributed by atoms with Crippen LogP contribution < -0.4 is 10.6 Å². The number of nitrogens with one attached hydrogen (secondary N) is 2. The van der Waals surface area contributed by atoms with E-state index in [-0.39, 0.29) is 23.6 Å². The number of carbonyl (C=O) groups excluding carboxylic acids is 4. The highest BCUT2D eigenvalue weighted by Gasteiger charge is 2.16. The molecule has 0 radical (unpaired) electrons. The predicted molar refractivity (Wildman–Crippen MR) is 71.4 cm³/mol. The minimum absolute atomic E-state index is 0.148. The van der Waals surface area contributed by atoms with Crippen molar-refractivity contribution in [2.24, 2.45) is 0 Å². The fourth-order valence-corrected chi connectivity index (χ4v) is 1.02. The van der Waals surface area contributed by atoms with Gasteiger partial charge in [0, 0.05) is 25.7 Å². The zero-order chi connectivity index (χ0) is 16.8. The number of hydrogen-bond donors (Lipinski definition) is 4. The van der Waals surface area contributed by atoms with Gasteiger partial charge in [-0.25, -0.2) is 4.79 Å². The fraction of sp³-hybridized carbons (Fsp3) is 0.583. The molecule has 9 heteroatoms. The molecule has 9 nitrogen and oxygen atoms in total. The third-order valence-corrected chi connectivity index (χ3v) is 1.72. The molecule has 4 N–H and O–H groups in total. The molecule has 0 unspecified atom stereocenters. The van der Waals surface area contributed by atoms with Crippen molar-refractivity contribution in [3.05, 3.63) is 0 Å². The van der Waals surface area contributed by atoms with Crippen LogP contribution >= 0.6 is 0 Å². The maximum Gasteiger partial charge on any atom is 0.503 e. The van der Waals surface area contributed by atoms with Gasteiger partial charge in [-0.3, -0.25) is 29.8 Å². The van der Waals surface area contributed by atoms with Crippen LogP contribution in [0.3, 0.4) is 0 Å². The van der Waals surface area contributed by atoms with E-state index in [0.29, 0.717) is 25.7 Å². The summed E-state index contributed by atoms with van der Waals surface area (Å²) < 4.78 is 0.